The monoisotopic (exact) mass is 234 g/mol. The number of amides is 1. The summed E-state index contributed by atoms with van der Waals surface area (Å²) in [6, 6.07) is 8.27. The van der Waals surface area contributed by atoms with E-state index in [1.807, 2.05) is 12.1 Å². The number of carbonyl (C=O) groups is 1. The molecule has 17 heavy (non-hydrogen) atoms. The maximum atomic E-state index is 11.0. The van der Waals surface area contributed by atoms with Crippen LogP contribution in [0.15, 0.2) is 24.3 Å². The lowest BCUT2D eigenvalue weighted by Gasteiger charge is -2.21. The van der Waals surface area contributed by atoms with Gasteiger partial charge in [0.2, 0.25) is 0 Å². The van der Waals surface area contributed by atoms with Gasteiger partial charge in [-0.3, -0.25) is 0 Å². The van der Waals surface area contributed by atoms with Crippen LogP contribution < -0.4 is 10.2 Å². The van der Waals surface area contributed by atoms with Gasteiger partial charge in [-0.2, -0.15) is 0 Å². The van der Waals surface area contributed by atoms with Crippen LogP contribution in [0.2, 0.25) is 0 Å². The predicted octanol–water partition coefficient (Wildman–Crippen LogP) is 2.31. The molecule has 4 heteroatoms. The summed E-state index contributed by atoms with van der Waals surface area (Å²) in [7, 11) is 0. The third-order valence-electron chi connectivity index (χ3n) is 3.10. The SMILES string of the molecule is CCN(CC)c1ccc([C@H]2COC(=O)N2)cc1. The summed E-state index contributed by atoms with van der Waals surface area (Å²) >= 11 is 0. The molecule has 4 nitrogen and oxygen atoms in total. The van der Waals surface area contributed by atoms with Gasteiger partial charge in [0.1, 0.15) is 6.61 Å². The van der Waals surface area contributed by atoms with Gasteiger partial charge >= 0.3 is 6.09 Å². The number of cyclic esters (lactones) is 1. The molecule has 0 aliphatic carbocycles. The highest BCUT2D eigenvalue weighted by Gasteiger charge is 2.23. The first kappa shape index (κ1) is 11.8. The average Bonchev–Trinajstić information content (AvgIpc) is 2.78. The maximum Gasteiger partial charge on any atom is 0.407 e. The van der Waals surface area contributed by atoms with Gasteiger partial charge < -0.3 is 15.0 Å². The molecule has 0 aromatic heterocycles. The average molecular weight is 234 g/mol. The first-order valence-corrected chi connectivity index (χ1v) is 6.02. The van der Waals surface area contributed by atoms with Crippen LogP contribution in [0, 0.1) is 0 Å². The Morgan fingerprint density at radius 3 is 2.41 bits per heavy atom. The second-order valence-electron chi connectivity index (χ2n) is 4.06. The van der Waals surface area contributed by atoms with Crippen LogP contribution in [0.25, 0.3) is 0 Å². The maximum absolute atomic E-state index is 11.0. The van der Waals surface area contributed by atoms with Gasteiger partial charge in [-0.15, -0.1) is 0 Å². The molecule has 1 N–H and O–H groups in total. The molecule has 1 aliphatic rings. The standard InChI is InChI=1S/C13H18N2O2/c1-3-15(4-2)11-7-5-10(6-8-11)12-9-17-13(16)14-12/h5-8,12H,3-4,9H2,1-2H3,(H,14,16)/t12-/m1/s1. The van der Waals surface area contributed by atoms with Crippen molar-refractivity contribution in [3.8, 4) is 0 Å². The summed E-state index contributed by atoms with van der Waals surface area (Å²) in [5.74, 6) is 0. The van der Waals surface area contributed by atoms with E-state index in [1.165, 1.54) is 5.69 Å². The molecule has 1 aromatic carbocycles. The molecule has 1 aromatic rings. The van der Waals surface area contributed by atoms with Crippen molar-refractivity contribution in [1.82, 2.24) is 5.32 Å². The van der Waals surface area contributed by atoms with Gasteiger partial charge in [-0.1, -0.05) is 12.1 Å². The number of nitrogens with zero attached hydrogens (tertiary/aromatic N) is 1. The molecular weight excluding hydrogens is 216 g/mol. The third-order valence-corrected chi connectivity index (χ3v) is 3.10. The van der Waals surface area contributed by atoms with Crippen LogP contribution in [0.1, 0.15) is 25.5 Å². The molecular formula is C13H18N2O2. The van der Waals surface area contributed by atoms with Crippen LogP contribution in [-0.4, -0.2) is 25.8 Å². The molecule has 0 radical (unpaired) electrons. The molecule has 1 aliphatic heterocycles. The zero-order chi connectivity index (χ0) is 12.3. The Bertz CT molecular complexity index is 385. The summed E-state index contributed by atoms with van der Waals surface area (Å²) in [5.41, 5.74) is 2.30. The molecule has 1 fully saturated rings. The minimum absolute atomic E-state index is 0.00625. The van der Waals surface area contributed by atoms with E-state index >= 15 is 0 Å². The summed E-state index contributed by atoms with van der Waals surface area (Å²) < 4.78 is 4.88. The highest BCUT2D eigenvalue weighted by atomic mass is 16.6. The number of rotatable bonds is 4. The smallest absolute Gasteiger partial charge is 0.407 e. The fraction of sp³-hybridized carbons (Fsp3) is 0.462. The fourth-order valence-electron chi connectivity index (χ4n) is 2.07. The molecule has 2 rings (SSSR count). The molecule has 1 atom stereocenters. The van der Waals surface area contributed by atoms with Gasteiger partial charge in [-0.05, 0) is 31.5 Å². The largest absolute Gasteiger partial charge is 0.447 e. The number of ether oxygens (including phenoxy) is 1. The van der Waals surface area contributed by atoms with Crippen LogP contribution in [0.4, 0.5) is 10.5 Å². The first-order valence-electron chi connectivity index (χ1n) is 6.02. The van der Waals surface area contributed by atoms with E-state index in [0.717, 1.165) is 18.7 Å². The summed E-state index contributed by atoms with van der Waals surface area (Å²) in [4.78, 5) is 13.2. The van der Waals surface area contributed by atoms with E-state index in [-0.39, 0.29) is 12.1 Å². The van der Waals surface area contributed by atoms with E-state index in [9.17, 15) is 4.79 Å². The Morgan fingerprint density at radius 2 is 1.94 bits per heavy atom. The summed E-state index contributed by atoms with van der Waals surface area (Å²) in [5, 5.41) is 2.77. The molecule has 92 valence electrons. The Balaban J connectivity index is 2.10. The van der Waals surface area contributed by atoms with Crippen LogP contribution in [-0.2, 0) is 4.74 Å². The minimum Gasteiger partial charge on any atom is -0.447 e. The summed E-state index contributed by atoms with van der Waals surface area (Å²) in [6.07, 6.45) is -0.331. The molecule has 1 saturated heterocycles. The fourth-order valence-corrected chi connectivity index (χ4v) is 2.07. The van der Waals surface area contributed by atoms with Crippen molar-refractivity contribution < 1.29 is 9.53 Å². The third kappa shape index (κ3) is 2.52. The predicted molar refractivity (Wildman–Crippen MR) is 67.2 cm³/mol. The van der Waals surface area contributed by atoms with E-state index in [0.29, 0.717) is 6.61 Å². The quantitative estimate of drug-likeness (QED) is 0.869. The number of hydrogen-bond acceptors (Lipinski definition) is 3. The minimum atomic E-state index is -0.331. The van der Waals surface area contributed by atoms with Crippen LogP contribution in [0.3, 0.4) is 0 Å². The molecule has 0 bridgehead atoms. The van der Waals surface area contributed by atoms with Gasteiger partial charge in [0, 0.05) is 18.8 Å². The van der Waals surface area contributed by atoms with Crippen molar-refractivity contribution in [2.24, 2.45) is 0 Å². The van der Waals surface area contributed by atoms with Gasteiger partial charge in [0.15, 0.2) is 0 Å². The normalized spacial score (nSPS) is 18.7. The topological polar surface area (TPSA) is 41.6 Å². The Labute approximate surface area is 102 Å². The van der Waals surface area contributed by atoms with Crippen molar-refractivity contribution in [3.63, 3.8) is 0 Å². The molecule has 0 spiro atoms. The van der Waals surface area contributed by atoms with Crippen molar-refractivity contribution in [2.75, 3.05) is 24.6 Å². The Kier molecular flexibility index (Phi) is 3.52. The zero-order valence-electron chi connectivity index (χ0n) is 10.3. The second-order valence-corrected chi connectivity index (χ2v) is 4.06. The van der Waals surface area contributed by atoms with Crippen molar-refractivity contribution in [3.05, 3.63) is 29.8 Å². The molecule has 1 heterocycles. The Hall–Kier alpha value is -1.71. The molecule has 1 amide bonds. The lowest BCUT2D eigenvalue weighted by atomic mass is 10.1. The van der Waals surface area contributed by atoms with Crippen molar-refractivity contribution in [2.45, 2.75) is 19.9 Å². The number of nitrogens with one attached hydrogen (secondary N) is 1. The number of anilines is 1. The van der Waals surface area contributed by atoms with Gasteiger partial charge in [0.25, 0.3) is 0 Å². The highest BCUT2D eigenvalue weighted by Crippen LogP contribution is 2.21. The van der Waals surface area contributed by atoms with E-state index < -0.39 is 0 Å². The zero-order valence-corrected chi connectivity index (χ0v) is 10.3. The number of alkyl carbamates (subject to hydrolysis) is 1. The van der Waals surface area contributed by atoms with Crippen molar-refractivity contribution >= 4 is 11.8 Å². The molecule has 0 saturated carbocycles. The lowest BCUT2D eigenvalue weighted by molar-refractivity contribution is 0.177. The lowest BCUT2D eigenvalue weighted by Crippen LogP contribution is -2.22. The first-order chi connectivity index (χ1) is 8.24. The van der Waals surface area contributed by atoms with Gasteiger partial charge in [-0.25, -0.2) is 4.79 Å². The Morgan fingerprint density at radius 1 is 1.29 bits per heavy atom. The van der Waals surface area contributed by atoms with Crippen LogP contribution >= 0.6 is 0 Å². The summed E-state index contributed by atoms with van der Waals surface area (Å²) in [6.45, 7) is 6.70. The van der Waals surface area contributed by atoms with E-state index in [2.05, 4.69) is 36.2 Å². The number of hydrogen-bond donors (Lipinski definition) is 1. The van der Waals surface area contributed by atoms with Gasteiger partial charge in [0.05, 0.1) is 6.04 Å². The second kappa shape index (κ2) is 5.08. The number of carbonyl (C=O) groups excluding carboxylic acids is 1. The van der Waals surface area contributed by atoms with Crippen LogP contribution in [0.5, 0.6) is 0 Å². The van der Waals surface area contributed by atoms with Crippen molar-refractivity contribution in [1.29, 1.82) is 0 Å². The molecule has 0 unspecified atom stereocenters. The number of benzene rings is 1. The van der Waals surface area contributed by atoms with E-state index in [4.69, 9.17) is 4.74 Å². The van der Waals surface area contributed by atoms with E-state index in [1.54, 1.807) is 0 Å². The highest BCUT2D eigenvalue weighted by molar-refractivity contribution is 5.70.